The van der Waals surface area contributed by atoms with Crippen LogP contribution in [0.4, 0.5) is 0 Å². The van der Waals surface area contributed by atoms with Gasteiger partial charge in [-0.2, -0.15) is 0 Å². The lowest BCUT2D eigenvalue weighted by molar-refractivity contribution is -0.130. The average Bonchev–Trinajstić information content (AvgIpc) is 2.37. The van der Waals surface area contributed by atoms with Gasteiger partial charge in [0.1, 0.15) is 5.75 Å². The van der Waals surface area contributed by atoms with Crippen molar-refractivity contribution in [2.24, 2.45) is 5.92 Å². The highest BCUT2D eigenvalue weighted by molar-refractivity contribution is 7.86. The molecule has 0 bridgehead atoms. The summed E-state index contributed by atoms with van der Waals surface area (Å²) in [5.41, 5.74) is 0. The zero-order chi connectivity index (χ0) is 15.3. The van der Waals surface area contributed by atoms with Crippen LogP contribution in [0.15, 0.2) is 0 Å². The van der Waals surface area contributed by atoms with Crippen molar-refractivity contribution in [1.82, 2.24) is 10.2 Å². The van der Waals surface area contributed by atoms with Crippen LogP contribution in [0.25, 0.3) is 0 Å². The first-order valence-electron chi connectivity index (χ1n) is 7.23. The summed E-state index contributed by atoms with van der Waals surface area (Å²) in [4.78, 5) is 25.0. The summed E-state index contributed by atoms with van der Waals surface area (Å²) in [6.07, 6.45) is 1.78. The van der Waals surface area contributed by atoms with Gasteiger partial charge in [0.05, 0.1) is 0 Å². The van der Waals surface area contributed by atoms with Crippen LogP contribution in [0.2, 0.25) is 0 Å². The third-order valence-corrected chi connectivity index (χ3v) is 5.71. The SMILES string of the molecule is CC(=O)NC1CCCN(C(=O)CS(=O)C(C)C(C)C)C1. The summed E-state index contributed by atoms with van der Waals surface area (Å²) in [7, 11) is -1.13. The average molecular weight is 302 g/mol. The Hall–Kier alpha value is -0.910. The highest BCUT2D eigenvalue weighted by atomic mass is 32.2. The van der Waals surface area contributed by atoms with Crippen molar-refractivity contribution in [2.75, 3.05) is 18.8 Å². The molecule has 0 aromatic rings. The van der Waals surface area contributed by atoms with Crippen LogP contribution in [-0.2, 0) is 20.4 Å². The van der Waals surface area contributed by atoms with E-state index in [1.165, 1.54) is 6.92 Å². The lowest BCUT2D eigenvalue weighted by Gasteiger charge is -2.33. The molecule has 1 fully saturated rings. The highest BCUT2D eigenvalue weighted by Gasteiger charge is 2.26. The van der Waals surface area contributed by atoms with Gasteiger partial charge in [0.15, 0.2) is 0 Å². The molecule has 1 rings (SSSR count). The van der Waals surface area contributed by atoms with Gasteiger partial charge in [-0.3, -0.25) is 13.8 Å². The van der Waals surface area contributed by atoms with E-state index in [4.69, 9.17) is 0 Å². The number of piperidine rings is 1. The van der Waals surface area contributed by atoms with E-state index < -0.39 is 10.8 Å². The number of likely N-dealkylation sites (tertiary alicyclic amines) is 1. The maximum absolute atomic E-state index is 12.2. The maximum Gasteiger partial charge on any atom is 0.235 e. The Morgan fingerprint density at radius 3 is 2.55 bits per heavy atom. The van der Waals surface area contributed by atoms with Gasteiger partial charge in [0, 0.05) is 42.1 Å². The van der Waals surface area contributed by atoms with Crippen LogP contribution < -0.4 is 5.32 Å². The lowest BCUT2D eigenvalue weighted by atomic mass is 10.1. The zero-order valence-electron chi connectivity index (χ0n) is 12.8. The summed E-state index contributed by atoms with van der Waals surface area (Å²) < 4.78 is 12.1. The largest absolute Gasteiger partial charge is 0.352 e. The Balaban J connectivity index is 2.50. The third kappa shape index (κ3) is 5.23. The van der Waals surface area contributed by atoms with Crippen LogP contribution in [0, 0.1) is 5.92 Å². The van der Waals surface area contributed by atoms with Crippen molar-refractivity contribution in [3.8, 4) is 0 Å². The van der Waals surface area contributed by atoms with E-state index >= 15 is 0 Å². The molecule has 1 heterocycles. The standard InChI is InChI=1S/C14H26N2O3S/c1-10(2)11(3)20(19)9-14(18)16-7-5-6-13(8-16)15-12(4)17/h10-11,13H,5-9H2,1-4H3,(H,15,17). The molecule has 1 N–H and O–H groups in total. The molecule has 116 valence electrons. The first-order chi connectivity index (χ1) is 9.31. The van der Waals surface area contributed by atoms with Crippen molar-refractivity contribution < 1.29 is 13.8 Å². The summed E-state index contributed by atoms with van der Waals surface area (Å²) >= 11 is 0. The van der Waals surface area contributed by atoms with Gasteiger partial charge < -0.3 is 10.2 Å². The van der Waals surface area contributed by atoms with E-state index in [9.17, 15) is 13.8 Å². The van der Waals surface area contributed by atoms with Gasteiger partial charge >= 0.3 is 0 Å². The molecule has 0 aromatic heterocycles. The topological polar surface area (TPSA) is 66.5 Å². The molecule has 6 heteroatoms. The first kappa shape index (κ1) is 17.1. The molecule has 0 aliphatic carbocycles. The fourth-order valence-electron chi connectivity index (χ4n) is 2.26. The molecule has 20 heavy (non-hydrogen) atoms. The van der Waals surface area contributed by atoms with Crippen LogP contribution in [-0.4, -0.2) is 51.1 Å². The van der Waals surface area contributed by atoms with E-state index in [1.54, 1.807) is 4.90 Å². The number of nitrogens with one attached hydrogen (secondary N) is 1. The third-order valence-electron chi connectivity index (χ3n) is 3.80. The van der Waals surface area contributed by atoms with Crippen molar-refractivity contribution in [2.45, 2.75) is 51.8 Å². The minimum atomic E-state index is -1.13. The predicted molar refractivity (Wildman–Crippen MR) is 80.7 cm³/mol. The Morgan fingerprint density at radius 2 is 2.00 bits per heavy atom. The van der Waals surface area contributed by atoms with Crippen molar-refractivity contribution in [3.05, 3.63) is 0 Å². The minimum absolute atomic E-state index is 0.0230. The number of carbonyl (C=O) groups is 2. The second-order valence-electron chi connectivity index (χ2n) is 5.85. The second-order valence-corrected chi connectivity index (χ2v) is 7.65. The molecule has 5 nitrogen and oxygen atoms in total. The quantitative estimate of drug-likeness (QED) is 0.821. The van der Waals surface area contributed by atoms with Crippen LogP contribution in [0.3, 0.4) is 0 Å². The van der Waals surface area contributed by atoms with Crippen molar-refractivity contribution >= 4 is 22.6 Å². The van der Waals surface area contributed by atoms with Crippen LogP contribution >= 0.6 is 0 Å². The maximum atomic E-state index is 12.2. The van der Waals surface area contributed by atoms with E-state index in [2.05, 4.69) is 5.32 Å². The Kier molecular flexibility index (Phi) is 6.65. The van der Waals surface area contributed by atoms with Gasteiger partial charge in [-0.05, 0) is 18.8 Å². The molecule has 0 aromatic carbocycles. The Labute approximate surface area is 123 Å². The molecular weight excluding hydrogens is 276 g/mol. The van der Waals surface area contributed by atoms with Gasteiger partial charge in [-0.25, -0.2) is 0 Å². The smallest absolute Gasteiger partial charge is 0.235 e. The van der Waals surface area contributed by atoms with Gasteiger partial charge in [0.25, 0.3) is 0 Å². The molecule has 3 atom stereocenters. The normalized spacial score (nSPS) is 22.4. The molecule has 1 aliphatic heterocycles. The van der Waals surface area contributed by atoms with Gasteiger partial charge in [-0.15, -0.1) is 0 Å². The predicted octanol–water partition coefficient (Wildman–Crippen LogP) is 0.907. The number of rotatable bonds is 5. The highest BCUT2D eigenvalue weighted by Crippen LogP contribution is 2.13. The van der Waals surface area contributed by atoms with E-state index in [-0.39, 0.29) is 28.9 Å². The van der Waals surface area contributed by atoms with E-state index in [0.717, 1.165) is 12.8 Å². The molecule has 2 amide bonds. The van der Waals surface area contributed by atoms with Crippen LogP contribution in [0.1, 0.15) is 40.5 Å². The Bertz CT molecular complexity index is 385. The number of carbonyl (C=O) groups excluding carboxylic acids is 2. The number of nitrogens with zero attached hydrogens (tertiary/aromatic N) is 1. The summed E-state index contributed by atoms with van der Waals surface area (Å²) in [6.45, 7) is 8.67. The monoisotopic (exact) mass is 302 g/mol. The number of hydrogen-bond donors (Lipinski definition) is 1. The summed E-state index contributed by atoms with van der Waals surface area (Å²) in [5, 5.41) is 2.88. The number of amides is 2. The van der Waals surface area contributed by atoms with E-state index in [1.807, 2.05) is 20.8 Å². The first-order valence-corrected chi connectivity index (χ1v) is 8.61. The second kappa shape index (κ2) is 7.76. The zero-order valence-corrected chi connectivity index (χ0v) is 13.7. The van der Waals surface area contributed by atoms with Crippen LogP contribution in [0.5, 0.6) is 0 Å². The fraction of sp³-hybridized carbons (Fsp3) is 0.857. The fourth-order valence-corrected chi connectivity index (χ4v) is 3.55. The summed E-state index contributed by atoms with van der Waals surface area (Å²) in [5.74, 6) is 0.260. The molecular formula is C14H26N2O3S. The summed E-state index contributed by atoms with van der Waals surface area (Å²) in [6, 6.07) is 0.0288. The van der Waals surface area contributed by atoms with Crippen molar-refractivity contribution in [1.29, 1.82) is 0 Å². The molecule has 0 radical (unpaired) electrons. The Morgan fingerprint density at radius 1 is 1.35 bits per heavy atom. The molecule has 1 saturated heterocycles. The van der Waals surface area contributed by atoms with Gasteiger partial charge in [-0.1, -0.05) is 20.8 Å². The molecule has 1 aliphatic rings. The molecule has 0 saturated carbocycles. The number of hydrogen-bond acceptors (Lipinski definition) is 3. The minimum Gasteiger partial charge on any atom is -0.352 e. The lowest BCUT2D eigenvalue weighted by Crippen LogP contribution is -2.50. The van der Waals surface area contributed by atoms with Gasteiger partial charge in [0.2, 0.25) is 11.8 Å². The van der Waals surface area contributed by atoms with E-state index in [0.29, 0.717) is 19.0 Å². The molecule has 0 spiro atoms. The molecule has 3 unspecified atom stereocenters. The van der Waals surface area contributed by atoms with Crippen molar-refractivity contribution in [3.63, 3.8) is 0 Å².